The average Bonchev–Trinajstić information content (AvgIpc) is 2.74. The minimum atomic E-state index is -0.484. The predicted octanol–water partition coefficient (Wildman–Crippen LogP) is 2.01. The number of esters is 1. The van der Waals surface area contributed by atoms with Crippen LogP contribution in [0.4, 0.5) is 0 Å². The molecule has 1 aromatic rings. The molecule has 4 nitrogen and oxygen atoms in total. The fraction of sp³-hybridized carbons (Fsp3) is 0.667. The van der Waals surface area contributed by atoms with Crippen molar-refractivity contribution in [2.75, 3.05) is 18.1 Å². The molecule has 1 unspecified atom stereocenters. The average molecular weight is 288 g/mol. The summed E-state index contributed by atoms with van der Waals surface area (Å²) in [5, 5.41) is 0. The summed E-state index contributed by atoms with van der Waals surface area (Å²) in [4.78, 5) is 16.8. The van der Waals surface area contributed by atoms with Crippen molar-refractivity contribution < 1.29 is 9.53 Å². The van der Waals surface area contributed by atoms with Crippen LogP contribution in [-0.2, 0) is 16.0 Å². The molecule has 0 aromatic carbocycles. The highest BCUT2D eigenvalue weighted by Crippen LogP contribution is 2.16. The Morgan fingerprint density at radius 3 is 3.00 bits per heavy atom. The smallest absolute Gasteiger partial charge is 0.322 e. The Balaban J connectivity index is 2.08. The minimum absolute atomic E-state index is 0.295. The molecule has 6 heteroatoms. The molecule has 1 atom stereocenters. The van der Waals surface area contributed by atoms with Gasteiger partial charge in [-0.15, -0.1) is 11.3 Å². The van der Waals surface area contributed by atoms with Crippen LogP contribution in [0.2, 0.25) is 0 Å². The molecular formula is C12H20N2O2S2. The minimum Gasteiger partial charge on any atom is -0.465 e. The van der Waals surface area contributed by atoms with Crippen LogP contribution in [0.5, 0.6) is 0 Å². The number of nitrogens with zero attached hydrogens (tertiary/aromatic N) is 1. The Labute approximate surface area is 116 Å². The molecule has 0 radical (unpaired) electrons. The van der Waals surface area contributed by atoms with E-state index in [0.717, 1.165) is 23.6 Å². The van der Waals surface area contributed by atoms with Crippen LogP contribution in [-0.4, -0.2) is 35.1 Å². The summed E-state index contributed by atoms with van der Waals surface area (Å²) >= 11 is 3.52. The monoisotopic (exact) mass is 288 g/mol. The molecule has 0 aliphatic heterocycles. The zero-order valence-corrected chi connectivity index (χ0v) is 12.5. The first-order chi connectivity index (χ1) is 8.65. The second kappa shape index (κ2) is 8.50. The molecule has 2 N–H and O–H groups in total. The van der Waals surface area contributed by atoms with Gasteiger partial charge in [-0.25, -0.2) is 4.98 Å². The topological polar surface area (TPSA) is 65.2 Å². The van der Waals surface area contributed by atoms with Crippen molar-refractivity contribution in [2.24, 2.45) is 5.73 Å². The lowest BCUT2D eigenvalue weighted by Crippen LogP contribution is -2.32. The van der Waals surface area contributed by atoms with Crippen LogP contribution in [0.1, 0.15) is 23.9 Å². The van der Waals surface area contributed by atoms with Crippen LogP contribution in [0.15, 0.2) is 5.51 Å². The molecule has 1 rings (SSSR count). The highest BCUT2D eigenvalue weighted by molar-refractivity contribution is 7.99. The number of carbonyl (C=O) groups is 1. The molecule has 0 aliphatic carbocycles. The number of thioether (sulfide) groups is 1. The zero-order valence-electron chi connectivity index (χ0n) is 10.8. The van der Waals surface area contributed by atoms with Gasteiger partial charge in [0.25, 0.3) is 0 Å². The number of nitrogens with two attached hydrogens (primary N) is 1. The van der Waals surface area contributed by atoms with E-state index in [-0.39, 0.29) is 5.97 Å². The van der Waals surface area contributed by atoms with Crippen molar-refractivity contribution >= 4 is 29.1 Å². The second-order valence-electron chi connectivity index (χ2n) is 3.87. The maximum Gasteiger partial charge on any atom is 0.322 e. The summed E-state index contributed by atoms with van der Waals surface area (Å²) in [5.41, 5.74) is 8.72. The van der Waals surface area contributed by atoms with Crippen LogP contribution in [0.25, 0.3) is 0 Å². The Hall–Kier alpha value is -0.590. The first-order valence-electron chi connectivity index (χ1n) is 6.04. The van der Waals surface area contributed by atoms with E-state index < -0.39 is 6.04 Å². The van der Waals surface area contributed by atoms with E-state index in [0.29, 0.717) is 13.0 Å². The third-order valence-corrected chi connectivity index (χ3v) is 4.49. The van der Waals surface area contributed by atoms with E-state index in [9.17, 15) is 4.79 Å². The molecular weight excluding hydrogens is 268 g/mol. The van der Waals surface area contributed by atoms with Gasteiger partial charge in [0.15, 0.2) is 0 Å². The summed E-state index contributed by atoms with van der Waals surface area (Å²) in [5.74, 6) is 1.63. The fourth-order valence-electron chi connectivity index (χ4n) is 1.41. The third kappa shape index (κ3) is 5.37. The molecule has 0 amide bonds. The first kappa shape index (κ1) is 15.5. The first-order valence-corrected chi connectivity index (χ1v) is 8.07. The Morgan fingerprint density at radius 2 is 2.39 bits per heavy atom. The second-order valence-corrected chi connectivity index (χ2v) is 6.03. The lowest BCUT2D eigenvalue weighted by molar-refractivity contribution is -0.144. The quantitative estimate of drug-likeness (QED) is 0.585. The lowest BCUT2D eigenvalue weighted by Gasteiger charge is -2.09. The summed E-state index contributed by atoms with van der Waals surface area (Å²) in [7, 11) is 0. The Bertz CT molecular complexity index is 369. The summed E-state index contributed by atoms with van der Waals surface area (Å²) < 4.78 is 4.86. The van der Waals surface area contributed by atoms with E-state index in [1.807, 2.05) is 24.2 Å². The fourth-order valence-corrected chi connectivity index (χ4v) is 3.29. The standard InChI is InChI=1S/C12H20N2O2S2/c1-3-16-12(15)10(13)4-6-17-7-5-11-9(2)14-8-18-11/h8,10H,3-7,13H2,1-2H3. The summed E-state index contributed by atoms with van der Waals surface area (Å²) in [6.07, 6.45) is 1.71. The molecule has 0 spiro atoms. The predicted molar refractivity (Wildman–Crippen MR) is 77.1 cm³/mol. The molecule has 0 aliphatic rings. The maximum absolute atomic E-state index is 11.3. The van der Waals surface area contributed by atoms with Crippen molar-refractivity contribution in [1.82, 2.24) is 4.98 Å². The highest BCUT2D eigenvalue weighted by atomic mass is 32.2. The summed E-state index contributed by atoms with van der Waals surface area (Å²) in [6, 6.07) is -0.484. The molecule has 18 heavy (non-hydrogen) atoms. The normalized spacial score (nSPS) is 12.4. The maximum atomic E-state index is 11.3. The largest absolute Gasteiger partial charge is 0.465 e. The molecule has 0 saturated carbocycles. The number of ether oxygens (including phenoxy) is 1. The number of hydrogen-bond donors (Lipinski definition) is 1. The van der Waals surface area contributed by atoms with Gasteiger partial charge in [0.05, 0.1) is 17.8 Å². The number of aryl methyl sites for hydroxylation is 2. The zero-order chi connectivity index (χ0) is 13.4. The Kier molecular flexibility index (Phi) is 7.31. The van der Waals surface area contributed by atoms with Crippen LogP contribution < -0.4 is 5.73 Å². The number of hydrogen-bond acceptors (Lipinski definition) is 6. The van der Waals surface area contributed by atoms with Crippen molar-refractivity contribution in [2.45, 2.75) is 32.7 Å². The van der Waals surface area contributed by atoms with E-state index in [2.05, 4.69) is 4.98 Å². The van der Waals surface area contributed by atoms with Crippen molar-refractivity contribution in [3.8, 4) is 0 Å². The highest BCUT2D eigenvalue weighted by Gasteiger charge is 2.13. The number of rotatable bonds is 8. The van der Waals surface area contributed by atoms with Gasteiger partial charge in [-0.05, 0) is 38.2 Å². The number of aromatic nitrogens is 1. The van der Waals surface area contributed by atoms with E-state index >= 15 is 0 Å². The lowest BCUT2D eigenvalue weighted by atomic mass is 10.2. The molecule has 1 aromatic heterocycles. The van der Waals surface area contributed by atoms with Gasteiger partial charge < -0.3 is 10.5 Å². The van der Waals surface area contributed by atoms with Gasteiger partial charge in [-0.1, -0.05) is 0 Å². The van der Waals surface area contributed by atoms with Crippen LogP contribution >= 0.6 is 23.1 Å². The van der Waals surface area contributed by atoms with Gasteiger partial charge >= 0.3 is 5.97 Å². The van der Waals surface area contributed by atoms with Gasteiger partial charge in [-0.2, -0.15) is 11.8 Å². The molecule has 1 heterocycles. The molecule has 0 fully saturated rings. The van der Waals surface area contributed by atoms with E-state index in [1.54, 1.807) is 18.3 Å². The van der Waals surface area contributed by atoms with Gasteiger partial charge in [0.1, 0.15) is 6.04 Å². The van der Waals surface area contributed by atoms with Gasteiger partial charge in [0.2, 0.25) is 0 Å². The number of thiazole rings is 1. The van der Waals surface area contributed by atoms with Gasteiger partial charge in [-0.3, -0.25) is 4.79 Å². The van der Waals surface area contributed by atoms with Crippen molar-refractivity contribution in [3.05, 3.63) is 16.1 Å². The van der Waals surface area contributed by atoms with Crippen molar-refractivity contribution in [3.63, 3.8) is 0 Å². The van der Waals surface area contributed by atoms with Crippen LogP contribution in [0.3, 0.4) is 0 Å². The van der Waals surface area contributed by atoms with Crippen molar-refractivity contribution in [1.29, 1.82) is 0 Å². The molecule has 0 bridgehead atoms. The van der Waals surface area contributed by atoms with E-state index in [1.165, 1.54) is 4.88 Å². The van der Waals surface area contributed by atoms with Crippen LogP contribution in [0, 0.1) is 6.92 Å². The van der Waals surface area contributed by atoms with Gasteiger partial charge in [0, 0.05) is 4.88 Å². The van der Waals surface area contributed by atoms with E-state index in [4.69, 9.17) is 10.5 Å². The summed E-state index contributed by atoms with van der Waals surface area (Å²) in [6.45, 7) is 4.22. The molecule has 102 valence electrons. The molecule has 0 saturated heterocycles. The number of carbonyl (C=O) groups excluding carboxylic acids is 1. The Morgan fingerprint density at radius 1 is 1.61 bits per heavy atom. The third-order valence-electron chi connectivity index (χ3n) is 2.48. The SMILES string of the molecule is CCOC(=O)C(N)CCSCCc1scnc1C.